The molecule has 0 saturated heterocycles. The van der Waals surface area contributed by atoms with Crippen LogP contribution in [0.25, 0.3) is 0 Å². The zero-order chi connectivity index (χ0) is 8.31. The first-order valence-electron chi connectivity index (χ1n) is 2.86. The fourth-order valence-corrected chi connectivity index (χ4v) is 3.07. The molecule has 0 atom stereocenters. The number of carbonyl (C=O) groups excluding carboxylic acids is 3. The van der Waals surface area contributed by atoms with Crippen molar-refractivity contribution in [3.8, 4) is 0 Å². The van der Waals surface area contributed by atoms with Crippen molar-refractivity contribution in [2.24, 2.45) is 0 Å². The third-order valence-electron chi connectivity index (χ3n) is 1.06. The van der Waals surface area contributed by atoms with Crippen LogP contribution in [-0.2, 0) is 32.3 Å². The Morgan fingerprint density at radius 2 is 1.00 bits per heavy atom. The zero-order valence-corrected chi connectivity index (χ0v) is 7.79. The summed E-state index contributed by atoms with van der Waals surface area (Å²) in [6.45, 7) is 3.95. The second-order valence-corrected chi connectivity index (χ2v) is 6.51. The molecular weight excluding hydrogens is 168 g/mol. The molecular formula is C6H9O3Ti. The number of hydrogen-bond donors (Lipinski definition) is 0. The summed E-state index contributed by atoms with van der Waals surface area (Å²) in [5.41, 5.74) is 0. The van der Waals surface area contributed by atoms with E-state index in [1.54, 1.807) is 0 Å². The van der Waals surface area contributed by atoms with Crippen LogP contribution >= 0.6 is 0 Å². The van der Waals surface area contributed by atoms with Crippen molar-refractivity contribution < 1.29 is 32.3 Å². The minimum absolute atomic E-state index is 0.208. The van der Waals surface area contributed by atoms with Gasteiger partial charge in [-0.1, -0.05) is 0 Å². The Morgan fingerprint density at radius 1 is 0.800 bits per heavy atom. The van der Waals surface area contributed by atoms with Crippen molar-refractivity contribution in [1.82, 2.24) is 0 Å². The first-order chi connectivity index (χ1) is 4.46. The molecule has 0 spiro atoms. The van der Waals surface area contributed by atoms with Crippen LogP contribution in [0.3, 0.4) is 0 Å². The van der Waals surface area contributed by atoms with Gasteiger partial charge in [0.05, 0.1) is 0 Å². The van der Waals surface area contributed by atoms with Crippen LogP contribution in [0.15, 0.2) is 0 Å². The molecule has 0 aromatic heterocycles. The summed E-state index contributed by atoms with van der Waals surface area (Å²) in [4.78, 5) is 32.0. The third kappa shape index (κ3) is 2.54. The number of carbonyl (C=O) groups is 3. The quantitative estimate of drug-likeness (QED) is 0.580. The Morgan fingerprint density at radius 3 is 1.00 bits per heavy atom. The van der Waals surface area contributed by atoms with Gasteiger partial charge in [-0.2, -0.15) is 0 Å². The van der Waals surface area contributed by atoms with Gasteiger partial charge in [-0.15, -0.1) is 0 Å². The van der Waals surface area contributed by atoms with Gasteiger partial charge in [0.25, 0.3) is 0 Å². The molecule has 0 aliphatic rings. The van der Waals surface area contributed by atoms with E-state index in [0.717, 1.165) is 0 Å². The van der Waals surface area contributed by atoms with Crippen molar-refractivity contribution in [3.63, 3.8) is 0 Å². The van der Waals surface area contributed by atoms with Crippen LogP contribution < -0.4 is 0 Å². The summed E-state index contributed by atoms with van der Waals surface area (Å²) in [5, 5.41) is 0. The summed E-state index contributed by atoms with van der Waals surface area (Å²) in [6.07, 6.45) is 0. The molecule has 0 fully saturated rings. The van der Waals surface area contributed by atoms with Gasteiger partial charge in [0.1, 0.15) is 0 Å². The monoisotopic (exact) mass is 177 g/mol. The molecule has 0 aliphatic heterocycles. The fraction of sp³-hybridized carbons (Fsp3) is 0.500. The van der Waals surface area contributed by atoms with Crippen LogP contribution in [0.4, 0.5) is 0 Å². The topological polar surface area (TPSA) is 51.2 Å². The molecule has 0 unspecified atom stereocenters. The molecule has 0 aliphatic carbocycles. The van der Waals surface area contributed by atoms with Gasteiger partial charge in [-0.25, -0.2) is 0 Å². The summed E-state index contributed by atoms with van der Waals surface area (Å²) in [5.74, 6) is 0. The Balaban J connectivity index is 4.43. The van der Waals surface area contributed by atoms with Crippen molar-refractivity contribution in [1.29, 1.82) is 0 Å². The van der Waals surface area contributed by atoms with E-state index in [-0.39, 0.29) is 12.3 Å². The molecule has 3 nitrogen and oxygen atoms in total. The summed E-state index contributed by atoms with van der Waals surface area (Å²) in [7, 11) is 0. The molecule has 0 aromatic rings. The zero-order valence-electron chi connectivity index (χ0n) is 6.22. The second-order valence-electron chi connectivity index (χ2n) is 2.04. The Labute approximate surface area is 65.6 Å². The van der Waals surface area contributed by atoms with Gasteiger partial charge in [0.2, 0.25) is 0 Å². The van der Waals surface area contributed by atoms with E-state index < -0.39 is 17.9 Å². The van der Waals surface area contributed by atoms with E-state index in [4.69, 9.17) is 0 Å². The van der Waals surface area contributed by atoms with Gasteiger partial charge in [0.15, 0.2) is 0 Å². The average Bonchev–Trinajstić information content (AvgIpc) is 1.59. The Kier molecular flexibility index (Phi) is 3.68. The van der Waals surface area contributed by atoms with Crippen molar-refractivity contribution in [2.45, 2.75) is 20.8 Å². The van der Waals surface area contributed by atoms with E-state index in [1.807, 2.05) is 0 Å². The first kappa shape index (κ1) is 9.72. The van der Waals surface area contributed by atoms with Crippen molar-refractivity contribution >= 4 is 12.3 Å². The predicted molar refractivity (Wildman–Crippen MR) is 32.0 cm³/mol. The predicted octanol–water partition coefficient (Wildman–Crippen LogP) is 0.244. The van der Waals surface area contributed by atoms with Crippen LogP contribution in [0.1, 0.15) is 20.8 Å². The van der Waals surface area contributed by atoms with Gasteiger partial charge in [-0.05, 0) is 0 Å². The van der Waals surface area contributed by atoms with Gasteiger partial charge in [0, 0.05) is 0 Å². The molecule has 10 heavy (non-hydrogen) atoms. The third-order valence-corrected chi connectivity index (χ3v) is 4.35. The molecule has 0 bridgehead atoms. The normalized spacial score (nSPS) is 8.70. The average molecular weight is 177 g/mol. The van der Waals surface area contributed by atoms with Crippen LogP contribution in [0.2, 0.25) is 0 Å². The molecule has 0 saturated carbocycles. The maximum atomic E-state index is 10.7. The van der Waals surface area contributed by atoms with E-state index in [9.17, 15) is 14.4 Å². The standard InChI is InChI=1S/3C2H3O.Ti/c3*1-2-3;/h3*1H3;. The molecule has 0 aromatic carbocycles. The maximum absolute atomic E-state index is 10.7. The fourth-order valence-electron chi connectivity index (χ4n) is 0.744. The molecule has 0 amide bonds. The number of rotatable bonds is 3. The van der Waals surface area contributed by atoms with Gasteiger partial charge >= 0.3 is 65.3 Å². The molecule has 0 heterocycles. The first-order valence-corrected chi connectivity index (χ1v) is 5.20. The molecule has 55 valence electrons. The Hall–Kier alpha value is -0.276. The molecule has 0 N–H and O–H groups in total. The van der Waals surface area contributed by atoms with Crippen molar-refractivity contribution in [3.05, 3.63) is 0 Å². The van der Waals surface area contributed by atoms with E-state index in [0.29, 0.717) is 0 Å². The van der Waals surface area contributed by atoms with E-state index >= 15 is 0 Å². The Bertz CT molecular complexity index is 152. The number of hydrogen-bond acceptors (Lipinski definition) is 3. The minimum atomic E-state index is -2.64. The van der Waals surface area contributed by atoms with Crippen molar-refractivity contribution in [2.75, 3.05) is 0 Å². The summed E-state index contributed by atoms with van der Waals surface area (Å²) in [6, 6.07) is 0. The van der Waals surface area contributed by atoms with Crippen LogP contribution in [0, 0.1) is 0 Å². The van der Waals surface area contributed by atoms with Crippen LogP contribution in [-0.4, -0.2) is 12.3 Å². The van der Waals surface area contributed by atoms with E-state index in [1.165, 1.54) is 20.8 Å². The summed E-state index contributed by atoms with van der Waals surface area (Å²) >= 11 is -2.64. The molecule has 4 heteroatoms. The summed E-state index contributed by atoms with van der Waals surface area (Å²) < 4.78 is -0.625. The molecule has 0 rings (SSSR count). The molecule has 0 radical (unpaired) electrons. The SMILES string of the molecule is C[C](=O)[Ti]([C](C)=O)[C](C)=O. The van der Waals surface area contributed by atoms with Crippen LogP contribution in [0.5, 0.6) is 0 Å². The van der Waals surface area contributed by atoms with E-state index in [2.05, 4.69) is 0 Å². The van der Waals surface area contributed by atoms with Gasteiger partial charge in [-0.3, -0.25) is 0 Å². The second kappa shape index (κ2) is 3.79. The van der Waals surface area contributed by atoms with Gasteiger partial charge < -0.3 is 0 Å².